The van der Waals surface area contributed by atoms with Crippen molar-refractivity contribution in [2.24, 2.45) is 0 Å². The number of anilines is 1. The van der Waals surface area contributed by atoms with Gasteiger partial charge in [0.1, 0.15) is 4.88 Å². The van der Waals surface area contributed by atoms with Gasteiger partial charge >= 0.3 is 5.97 Å². The molecule has 1 amide bonds. The van der Waals surface area contributed by atoms with E-state index in [1.807, 2.05) is 67.6 Å². The van der Waals surface area contributed by atoms with Crippen molar-refractivity contribution in [3.63, 3.8) is 0 Å². The summed E-state index contributed by atoms with van der Waals surface area (Å²) in [6.07, 6.45) is 0. The van der Waals surface area contributed by atoms with Crippen molar-refractivity contribution in [3.8, 4) is 10.4 Å². The zero-order chi connectivity index (χ0) is 25.7. The molecule has 1 unspecified atom stereocenters. The van der Waals surface area contributed by atoms with Crippen LogP contribution in [-0.4, -0.2) is 29.6 Å². The lowest BCUT2D eigenvalue weighted by Crippen LogP contribution is -2.42. The fourth-order valence-electron chi connectivity index (χ4n) is 3.79. The van der Waals surface area contributed by atoms with Crippen molar-refractivity contribution in [2.75, 3.05) is 11.5 Å². The number of benzene rings is 3. The van der Waals surface area contributed by atoms with Gasteiger partial charge in [0.2, 0.25) is 0 Å². The number of ether oxygens (including phenoxy) is 1. The van der Waals surface area contributed by atoms with Crippen LogP contribution in [0.3, 0.4) is 0 Å². The van der Waals surface area contributed by atoms with Gasteiger partial charge in [-0.15, -0.1) is 11.3 Å². The lowest BCUT2D eigenvalue weighted by Gasteiger charge is -2.29. The zero-order valence-electron chi connectivity index (χ0n) is 19.4. The molecule has 0 aliphatic heterocycles. The Morgan fingerprint density at radius 3 is 2.28 bits per heavy atom. The average molecular weight is 540 g/mol. The molecular formula is C28H23Cl2NO4S. The van der Waals surface area contributed by atoms with E-state index in [1.54, 1.807) is 18.2 Å². The van der Waals surface area contributed by atoms with Crippen molar-refractivity contribution < 1.29 is 19.4 Å². The molecule has 1 N–H and O–H groups in total. The standard InChI is InChI=1S/C28H23Cl2NO4S/c1-18(16-35-17-19-8-4-2-5-9-19)31(27(32)22-13-12-21(29)14-23(22)30)24-15-25(36-26(24)28(33)34)20-10-6-3-7-11-20/h2-15,18H,16-17H2,1H3,(H,33,34). The number of aromatic carboxylic acids is 1. The number of carbonyl (C=O) groups is 2. The quantitative estimate of drug-likeness (QED) is 0.237. The lowest BCUT2D eigenvalue weighted by atomic mass is 10.1. The minimum absolute atomic E-state index is 0.0576. The van der Waals surface area contributed by atoms with E-state index < -0.39 is 17.9 Å². The lowest BCUT2D eigenvalue weighted by molar-refractivity contribution is 0.0702. The van der Waals surface area contributed by atoms with Crippen LogP contribution in [0.4, 0.5) is 5.69 Å². The first-order chi connectivity index (χ1) is 17.3. The van der Waals surface area contributed by atoms with Gasteiger partial charge in [0, 0.05) is 9.90 Å². The number of thiophene rings is 1. The molecule has 0 spiro atoms. The molecule has 5 nitrogen and oxygen atoms in total. The molecule has 184 valence electrons. The van der Waals surface area contributed by atoms with Crippen molar-refractivity contribution in [1.82, 2.24) is 0 Å². The van der Waals surface area contributed by atoms with Gasteiger partial charge in [-0.25, -0.2) is 4.79 Å². The van der Waals surface area contributed by atoms with Gasteiger partial charge in [0.25, 0.3) is 5.91 Å². The highest BCUT2D eigenvalue weighted by molar-refractivity contribution is 7.18. The topological polar surface area (TPSA) is 66.8 Å². The Morgan fingerprint density at radius 1 is 0.972 bits per heavy atom. The second kappa shape index (κ2) is 11.7. The third-order valence-electron chi connectivity index (χ3n) is 5.52. The number of carbonyl (C=O) groups excluding carboxylic acids is 1. The summed E-state index contributed by atoms with van der Waals surface area (Å²) >= 11 is 13.5. The molecule has 0 radical (unpaired) electrons. The largest absolute Gasteiger partial charge is 0.477 e. The fraction of sp³-hybridized carbons (Fsp3) is 0.143. The van der Waals surface area contributed by atoms with Gasteiger partial charge in [-0.05, 0) is 42.3 Å². The summed E-state index contributed by atoms with van der Waals surface area (Å²) in [5.41, 5.74) is 2.37. The number of hydrogen-bond acceptors (Lipinski definition) is 4. The number of nitrogens with zero attached hydrogens (tertiary/aromatic N) is 1. The molecule has 1 atom stereocenters. The number of carboxylic acids is 1. The molecule has 0 saturated carbocycles. The number of amides is 1. The van der Waals surface area contributed by atoms with E-state index in [0.29, 0.717) is 11.6 Å². The molecule has 8 heteroatoms. The molecule has 0 saturated heterocycles. The SMILES string of the molecule is CC(COCc1ccccc1)N(C(=O)c1ccc(Cl)cc1Cl)c1cc(-c2ccccc2)sc1C(=O)O. The summed E-state index contributed by atoms with van der Waals surface area (Å²) in [4.78, 5) is 28.3. The van der Waals surface area contributed by atoms with Crippen LogP contribution in [0.5, 0.6) is 0 Å². The first-order valence-electron chi connectivity index (χ1n) is 11.2. The van der Waals surface area contributed by atoms with E-state index in [-0.39, 0.29) is 27.8 Å². The second-order valence-corrected chi connectivity index (χ2v) is 10.0. The summed E-state index contributed by atoms with van der Waals surface area (Å²) in [5.74, 6) is -1.55. The third-order valence-corrected chi connectivity index (χ3v) is 7.23. The van der Waals surface area contributed by atoms with Gasteiger partial charge < -0.3 is 14.7 Å². The van der Waals surface area contributed by atoms with Crippen LogP contribution in [0.1, 0.15) is 32.5 Å². The molecular weight excluding hydrogens is 517 g/mol. The predicted molar refractivity (Wildman–Crippen MR) is 146 cm³/mol. The van der Waals surface area contributed by atoms with Crippen LogP contribution in [0.25, 0.3) is 10.4 Å². The molecule has 1 heterocycles. The van der Waals surface area contributed by atoms with Crippen molar-refractivity contribution in [1.29, 1.82) is 0 Å². The Labute approximate surface area is 223 Å². The monoisotopic (exact) mass is 539 g/mol. The number of rotatable bonds is 9. The Kier molecular flexibility index (Phi) is 8.44. The maximum atomic E-state index is 13.8. The highest BCUT2D eigenvalue weighted by Gasteiger charge is 2.31. The Morgan fingerprint density at radius 2 is 1.64 bits per heavy atom. The van der Waals surface area contributed by atoms with E-state index in [2.05, 4.69) is 0 Å². The maximum absolute atomic E-state index is 13.8. The van der Waals surface area contributed by atoms with Crippen LogP contribution in [-0.2, 0) is 11.3 Å². The number of carboxylic acid groups (broad SMARTS) is 1. The summed E-state index contributed by atoms with van der Waals surface area (Å²) in [6, 6.07) is 25.0. The normalized spacial score (nSPS) is 11.8. The molecule has 4 aromatic rings. The minimum atomic E-state index is -1.12. The van der Waals surface area contributed by atoms with Gasteiger partial charge in [0.15, 0.2) is 0 Å². The van der Waals surface area contributed by atoms with Gasteiger partial charge in [-0.2, -0.15) is 0 Å². The molecule has 36 heavy (non-hydrogen) atoms. The van der Waals surface area contributed by atoms with Crippen LogP contribution in [0.15, 0.2) is 84.9 Å². The van der Waals surface area contributed by atoms with E-state index in [9.17, 15) is 14.7 Å². The second-order valence-electron chi connectivity index (χ2n) is 8.15. The predicted octanol–water partition coefficient (Wildman–Crippen LogP) is 7.67. The summed E-state index contributed by atoms with van der Waals surface area (Å²) in [7, 11) is 0. The Hall–Kier alpha value is -3.16. The van der Waals surface area contributed by atoms with Crippen LogP contribution in [0.2, 0.25) is 10.0 Å². The van der Waals surface area contributed by atoms with Gasteiger partial charge in [0.05, 0.1) is 35.5 Å². The summed E-state index contributed by atoms with van der Waals surface area (Å²) in [6.45, 7) is 2.36. The molecule has 3 aromatic carbocycles. The first-order valence-corrected chi connectivity index (χ1v) is 12.7. The molecule has 0 aliphatic carbocycles. The van der Waals surface area contributed by atoms with Crippen LogP contribution in [0, 0.1) is 0 Å². The van der Waals surface area contributed by atoms with E-state index in [0.717, 1.165) is 27.3 Å². The number of hydrogen-bond donors (Lipinski definition) is 1. The van der Waals surface area contributed by atoms with Gasteiger partial charge in [-0.1, -0.05) is 83.9 Å². The van der Waals surface area contributed by atoms with Crippen molar-refractivity contribution in [3.05, 3.63) is 111 Å². The molecule has 1 aromatic heterocycles. The first kappa shape index (κ1) is 25.9. The third kappa shape index (κ3) is 5.97. The molecule has 0 bridgehead atoms. The summed E-state index contributed by atoms with van der Waals surface area (Å²) in [5, 5.41) is 10.6. The fourth-order valence-corrected chi connectivity index (χ4v) is 5.28. The smallest absolute Gasteiger partial charge is 0.348 e. The Balaban J connectivity index is 1.72. The molecule has 0 aliphatic rings. The van der Waals surface area contributed by atoms with E-state index >= 15 is 0 Å². The Bertz CT molecular complexity index is 1360. The maximum Gasteiger partial charge on any atom is 0.348 e. The number of halogens is 2. The van der Waals surface area contributed by atoms with Crippen LogP contribution >= 0.6 is 34.5 Å². The van der Waals surface area contributed by atoms with E-state index in [4.69, 9.17) is 27.9 Å². The average Bonchev–Trinajstić information content (AvgIpc) is 3.30. The molecule has 4 rings (SSSR count). The van der Waals surface area contributed by atoms with Gasteiger partial charge in [-0.3, -0.25) is 4.79 Å². The van der Waals surface area contributed by atoms with Crippen LogP contribution < -0.4 is 4.90 Å². The highest BCUT2D eigenvalue weighted by Crippen LogP contribution is 2.39. The molecule has 0 fully saturated rings. The minimum Gasteiger partial charge on any atom is -0.477 e. The zero-order valence-corrected chi connectivity index (χ0v) is 21.7. The van der Waals surface area contributed by atoms with E-state index in [1.165, 1.54) is 11.0 Å². The highest BCUT2D eigenvalue weighted by atomic mass is 35.5. The summed E-state index contributed by atoms with van der Waals surface area (Å²) < 4.78 is 5.92. The van der Waals surface area contributed by atoms with Crippen molar-refractivity contribution >= 4 is 52.1 Å². The van der Waals surface area contributed by atoms with Crippen molar-refractivity contribution in [2.45, 2.75) is 19.6 Å².